The van der Waals surface area contributed by atoms with E-state index in [1.165, 1.54) is 12.8 Å². The van der Waals surface area contributed by atoms with E-state index in [0.29, 0.717) is 17.9 Å². The normalized spacial score (nSPS) is 32.8. The van der Waals surface area contributed by atoms with E-state index < -0.39 is 0 Å². The second kappa shape index (κ2) is 5.38. The van der Waals surface area contributed by atoms with Crippen molar-refractivity contribution in [1.29, 1.82) is 0 Å². The van der Waals surface area contributed by atoms with Gasteiger partial charge in [0.2, 0.25) is 5.91 Å². The zero-order valence-electron chi connectivity index (χ0n) is 12.1. The lowest BCUT2D eigenvalue weighted by molar-refractivity contribution is -0.136. The molecule has 0 aromatic carbocycles. The predicted molar refractivity (Wildman–Crippen MR) is 75.9 cm³/mol. The number of aromatic nitrogens is 3. The van der Waals surface area contributed by atoms with Crippen LogP contribution in [-0.2, 0) is 11.3 Å². The van der Waals surface area contributed by atoms with Gasteiger partial charge in [-0.25, -0.2) is 0 Å². The highest BCUT2D eigenvalue weighted by molar-refractivity contribution is 5.81. The van der Waals surface area contributed by atoms with Gasteiger partial charge in [0, 0.05) is 25.3 Å². The van der Waals surface area contributed by atoms with Crippen molar-refractivity contribution in [1.82, 2.24) is 30.7 Å². The van der Waals surface area contributed by atoms with Crippen LogP contribution < -0.4 is 10.9 Å². The summed E-state index contributed by atoms with van der Waals surface area (Å²) in [5, 5.41) is 7.87. The largest absolute Gasteiger partial charge is 0.338 e. The summed E-state index contributed by atoms with van der Waals surface area (Å²) in [6.45, 7) is 2.39. The lowest BCUT2D eigenvalue weighted by Crippen LogP contribution is -2.46. The molecule has 2 N–H and O–H groups in total. The third kappa shape index (κ3) is 2.55. The fraction of sp³-hybridized carbons (Fsp3) is 0.786. The Morgan fingerprint density at radius 3 is 3.00 bits per heavy atom. The zero-order chi connectivity index (χ0) is 14.2. The molecule has 2 aliphatic heterocycles. The number of amides is 1. The van der Waals surface area contributed by atoms with Crippen LogP contribution in [0.4, 0.5) is 0 Å². The van der Waals surface area contributed by atoms with Gasteiger partial charge in [0.05, 0.1) is 24.7 Å². The van der Waals surface area contributed by atoms with Gasteiger partial charge in [0.1, 0.15) is 0 Å². The number of nitrogens with zero attached hydrogens (tertiary/aromatic N) is 4. The highest BCUT2D eigenvalue weighted by atomic mass is 16.2. The van der Waals surface area contributed by atoms with E-state index in [1.807, 2.05) is 10.9 Å². The quantitative estimate of drug-likeness (QED) is 0.801. The van der Waals surface area contributed by atoms with Crippen LogP contribution in [0, 0.1) is 11.8 Å². The summed E-state index contributed by atoms with van der Waals surface area (Å²) in [5.74, 6) is 1.09. The SMILES string of the molecule is O=C(C1CNNC1C1CC1)N1CCC[C@H]1Cn1ccnn1. The van der Waals surface area contributed by atoms with Crippen molar-refractivity contribution >= 4 is 5.91 Å². The van der Waals surface area contributed by atoms with Crippen LogP contribution in [0.1, 0.15) is 25.7 Å². The summed E-state index contributed by atoms with van der Waals surface area (Å²) in [6, 6.07) is 0.588. The number of likely N-dealkylation sites (tertiary alicyclic amines) is 1. The van der Waals surface area contributed by atoms with Crippen LogP contribution in [0.25, 0.3) is 0 Å². The molecule has 4 rings (SSSR count). The van der Waals surface area contributed by atoms with Crippen molar-refractivity contribution < 1.29 is 4.79 Å². The van der Waals surface area contributed by atoms with Crippen LogP contribution in [0.3, 0.4) is 0 Å². The number of rotatable bonds is 4. The van der Waals surface area contributed by atoms with E-state index >= 15 is 0 Å². The highest BCUT2D eigenvalue weighted by Crippen LogP contribution is 2.38. The maximum absolute atomic E-state index is 12.9. The molecule has 0 bridgehead atoms. The third-order valence-electron chi connectivity index (χ3n) is 5.00. The standard InChI is InChI=1S/C14H22N6O/c21-14(12-8-16-17-13(12)10-3-4-10)20-6-1-2-11(20)9-19-7-5-15-18-19/h5,7,10-13,16-17H,1-4,6,8-9H2/t11-,12?,13?/m0/s1. The van der Waals surface area contributed by atoms with Gasteiger partial charge >= 0.3 is 0 Å². The Bertz CT molecular complexity index is 500. The lowest BCUT2D eigenvalue weighted by Gasteiger charge is -2.29. The number of carbonyl (C=O) groups excluding carboxylic acids is 1. The summed E-state index contributed by atoms with van der Waals surface area (Å²) < 4.78 is 1.83. The molecule has 3 fully saturated rings. The highest BCUT2D eigenvalue weighted by Gasteiger charge is 2.45. The average Bonchev–Trinajstić information content (AvgIpc) is 2.96. The first kappa shape index (κ1) is 13.2. The van der Waals surface area contributed by atoms with Crippen LogP contribution in [0.15, 0.2) is 12.4 Å². The molecule has 2 saturated heterocycles. The number of hydrogen-bond acceptors (Lipinski definition) is 5. The predicted octanol–water partition coefficient (Wildman–Crippen LogP) is -0.228. The second-order valence-corrected chi connectivity index (χ2v) is 6.45. The van der Waals surface area contributed by atoms with Crippen molar-refractivity contribution in [2.45, 2.75) is 44.3 Å². The molecule has 1 amide bonds. The van der Waals surface area contributed by atoms with Gasteiger partial charge in [-0.1, -0.05) is 5.21 Å². The molecule has 7 heteroatoms. The Balaban J connectivity index is 1.45. The number of carbonyl (C=O) groups is 1. The summed E-state index contributed by atoms with van der Waals surface area (Å²) in [5.41, 5.74) is 6.49. The Kier molecular flexibility index (Phi) is 3.39. The van der Waals surface area contributed by atoms with Crippen LogP contribution in [0.5, 0.6) is 0 Å². The topological polar surface area (TPSA) is 75.1 Å². The molecule has 3 aliphatic rings. The van der Waals surface area contributed by atoms with Crippen molar-refractivity contribution in [3.05, 3.63) is 12.4 Å². The van der Waals surface area contributed by atoms with Gasteiger partial charge in [-0.3, -0.25) is 20.3 Å². The fourth-order valence-electron chi connectivity index (χ4n) is 3.73. The Morgan fingerprint density at radius 1 is 1.33 bits per heavy atom. The van der Waals surface area contributed by atoms with Crippen molar-refractivity contribution in [2.24, 2.45) is 11.8 Å². The molecule has 1 aromatic rings. The molecule has 1 aliphatic carbocycles. The zero-order valence-corrected chi connectivity index (χ0v) is 12.1. The van der Waals surface area contributed by atoms with E-state index in [2.05, 4.69) is 26.1 Å². The van der Waals surface area contributed by atoms with Crippen molar-refractivity contribution in [3.8, 4) is 0 Å². The molecule has 21 heavy (non-hydrogen) atoms. The minimum Gasteiger partial charge on any atom is -0.338 e. The molecule has 3 atom stereocenters. The van der Waals surface area contributed by atoms with E-state index in [4.69, 9.17) is 0 Å². The number of hydrogen-bond donors (Lipinski definition) is 2. The molecular formula is C14H22N6O. The summed E-state index contributed by atoms with van der Waals surface area (Å²) >= 11 is 0. The first-order valence-corrected chi connectivity index (χ1v) is 7.96. The minimum atomic E-state index is 0.0915. The van der Waals surface area contributed by atoms with E-state index in [1.54, 1.807) is 6.20 Å². The average molecular weight is 290 g/mol. The van der Waals surface area contributed by atoms with Crippen molar-refractivity contribution in [3.63, 3.8) is 0 Å². The van der Waals surface area contributed by atoms with Crippen molar-refractivity contribution in [2.75, 3.05) is 13.1 Å². The van der Waals surface area contributed by atoms with Gasteiger partial charge in [-0.2, -0.15) is 0 Å². The number of hydrazine groups is 1. The van der Waals surface area contributed by atoms with E-state index in [0.717, 1.165) is 32.5 Å². The first-order chi connectivity index (χ1) is 10.3. The maximum atomic E-state index is 12.9. The molecule has 1 saturated carbocycles. The number of nitrogens with one attached hydrogen (secondary N) is 2. The van der Waals surface area contributed by atoms with E-state index in [9.17, 15) is 4.79 Å². The molecule has 1 aromatic heterocycles. The van der Waals surface area contributed by atoms with Crippen LogP contribution in [0.2, 0.25) is 0 Å². The summed E-state index contributed by atoms with van der Waals surface area (Å²) in [4.78, 5) is 15.0. The maximum Gasteiger partial charge on any atom is 0.228 e. The lowest BCUT2D eigenvalue weighted by atomic mass is 9.96. The smallest absolute Gasteiger partial charge is 0.228 e. The van der Waals surface area contributed by atoms with E-state index in [-0.39, 0.29) is 12.0 Å². The van der Waals surface area contributed by atoms with Gasteiger partial charge in [-0.05, 0) is 31.6 Å². The fourth-order valence-corrected chi connectivity index (χ4v) is 3.73. The Labute approximate surface area is 124 Å². The molecule has 7 nitrogen and oxygen atoms in total. The monoisotopic (exact) mass is 290 g/mol. The molecule has 114 valence electrons. The minimum absolute atomic E-state index is 0.0915. The molecular weight excluding hydrogens is 268 g/mol. The molecule has 3 heterocycles. The van der Waals surface area contributed by atoms with Crippen LogP contribution >= 0.6 is 0 Å². The first-order valence-electron chi connectivity index (χ1n) is 7.96. The molecule has 0 spiro atoms. The summed E-state index contributed by atoms with van der Waals surface area (Å²) in [6.07, 6.45) is 8.22. The van der Waals surface area contributed by atoms with Crippen LogP contribution in [-0.4, -0.2) is 51.0 Å². The van der Waals surface area contributed by atoms with Gasteiger partial charge in [0.25, 0.3) is 0 Å². The Morgan fingerprint density at radius 2 is 2.24 bits per heavy atom. The summed E-state index contributed by atoms with van der Waals surface area (Å²) in [7, 11) is 0. The van der Waals surface area contributed by atoms with Gasteiger partial charge < -0.3 is 4.90 Å². The molecule has 0 radical (unpaired) electrons. The third-order valence-corrected chi connectivity index (χ3v) is 5.00. The van der Waals surface area contributed by atoms with Gasteiger partial charge in [-0.15, -0.1) is 5.10 Å². The Hall–Kier alpha value is -1.47. The second-order valence-electron chi connectivity index (χ2n) is 6.45. The molecule has 2 unspecified atom stereocenters. The van der Waals surface area contributed by atoms with Gasteiger partial charge in [0.15, 0.2) is 0 Å².